The lowest BCUT2D eigenvalue weighted by atomic mass is 10.8. The molecule has 0 heterocycles. The van der Waals surface area contributed by atoms with Crippen LogP contribution in [-0.2, 0) is 10.0 Å². The molecule has 0 aliphatic rings. The minimum Gasteiger partial charge on any atom is -0.212 e. The molecule has 0 saturated carbocycles. The van der Waals surface area contributed by atoms with Gasteiger partial charge in [0.05, 0.1) is 5.75 Å². The maximum Gasteiger partial charge on any atom is 0.211 e. The second-order valence-corrected chi connectivity index (χ2v) is 3.35. The third-order valence-corrected chi connectivity index (χ3v) is 2.03. The van der Waals surface area contributed by atoms with Gasteiger partial charge >= 0.3 is 0 Å². The van der Waals surface area contributed by atoms with Crippen molar-refractivity contribution in [3.8, 4) is 0 Å². The summed E-state index contributed by atoms with van der Waals surface area (Å²) in [6.07, 6.45) is 0. The van der Waals surface area contributed by atoms with Gasteiger partial charge in [-0.1, -0.05) is 0 Å². The summed E-state index contributed by atoms with van der Waals surface area (Å²) in [5, 5.41) is 0. The van der Waals surface area contributed by atoms with Gasteiger partial charge in [0.25, 0.3) is 0 Å². The highest BCUT2D eigenvalue weighted by Crippen LogP contribution is 1.80. The number of hydrogen-bond donors (Lipinski definition) is 1. The van der Waals surface area contributed by atoms with E-state index in [0.29, 0.717) is 0 Å². The van der Waals surface area contributed by atoms with Crippen molar-refractivity contribution in [2.75, 3.05) is 5.75 Å². The number of rotatable bonds is 3. The van der Waals surface area contributed by atoms with E-state index >= 15 is 0 Å². The van der Waals surface area contributed by atoms with Crippen molar-refractivity contribution in [3.05, 3.63) is 6.54 Å². The van der Waals surface area contributed by atoms with Gasteiger partial charge in [0.15, 0.2) is 0 Å². The molecule has 0 unspecified atom stereocenters. The van der Waals surface area contributed by atoms with E-state index in [4.69, 9.17) is 0 Å². The Hall–Kier alpha value is -0.0900. The van der Waals surface area contributed by atoms with Crippen LogP contribution in [0.4, 0.5) is 0 Å². The van der Waals surface area contributed by atoms with Crippen LogP contribution in [-0.4, -0.2) is 14.2 Å². The van der Waals surface area contributed by atoms with Crippen molar-refractivity contribution in [1.82, 2.24) is 4.72 Å². The number of hydrogen-bond acceptors (Lipinski definition) is 2. The lowest BCUT2D eigenvalue weighted by Crippen LogP contribution is -2.21. The quantitative estimate of drug-likeness (QED) is 0.598. The van der Waals surface area contributed by atoms with E-state index in [1.165, 1.54) is 6.54 Å². The topological polar surface area (TPSA) is 46.2 Å². The Morgan fingerprint density at radius 3 is 2.25 bits per heavy atom. The summed E-state index contributed by atoms with van der Waals surface area (Å²) in [5.74, 6) is 0.136. The van der Waals surface area contributed by atoms with E-state index in [2.05, 4.69) is 4.72 Å². The first-order chi connectivity index (χ1) is 3.62. The normalized spacial score (nSPS) is 11.8. The minimum absolute atomic E-state index is 0.136. The van der Waals surface area contributed by atoms with E-state index in [1.54, 1.807) is 13.8 Å². The first-order valence-corrected chi connectivity index (χ1v) is 4.05. The fourth-order valence-electron chi connectivity index (χ4n) is 0.263. The van der Waals surface area contributed by atoms with Gasteiger partial charge in [-0.2, -0.15) is 0 Å². The van der Waals surface area contributed by atoms with Crippen molar-refractivity contribution < 1.29 is 8.42 Å². The lowest BCUT2D eigenvalue weighted by Gasteiger charge is -1.96. The number of nitrogens with one attached hydrogen (secondary N) is 1. The van der Waals surface area contributed by atoms with Gasteiger partial charge in [-0.25, -0.2) is 13.1 Å². The van der Waals surface area contributed by atoms with Gasteiger partial charge in [-0.15, -0.1) is 0 Å². The van der Waals surface area contributed by atoms with Crippen LogP contribution in [0.3, 0.4) is 0 Å². The monoisotopic (exact) mass is 136 g/mol. The fourth-order valence-corrected chi connectivity index (χ4v) is 0.789. The highest BCUT2D eigenvalue weighted by atomic mass is 32.2. The molecule has 1 N–H and O–H groups in total. The summed E-state index contributed by atoms with van der Waals surface area (Å²) < 4.78 is 23.1. The highest BCUT2D eigenvalue weighted by molar-refractivity contribution is 7.89. The fraction of sp³-hybridized carbons (Fsp3) is 0.750. The third kappa shape index (κ3) is 2.98. The van der Waals surface area contributed by atoms with Gasteiger partial charge < -0.3 is 0 Å². The van der Waals surface area contributed by atoms with E-state index in [9.17, 15) is 8.42 Å². The number of sulfonamides is 1. The van der Waals surface area contributed by atoms with E-state index < -0.39 is 10.0 Å². The van der Waals surface area contributed by atoms with Gasteiger partial charge in [-0.3, -0.25) is 0 Å². The van der Waals surface area contributed by atoms with Gasteiger partial charge in [-0.05, 0) is 13.8 Å². The first-order valence-electron chi connectivity index (χ1n) is 2.40. The van der Waals surface area contributed by atoms with Crippen LogP contribution in [0, 0.1) is 6.54 Å². The molecule has 0 atom stereocenters. The van der Waals surface area contributed by atoms with Crippen LogP contribution in [0.2, 0.25) is 0 Å². The SMILES string of the molecule is C[CH]NS(=O)(=O)CC. The van der Waals surface area contributed by atoms with E-state index in [-0.39, 0.29) is 5.75 Å². The minimum atomic E-state index is -2.98. The second kappa shape index (κ2) is 3.04. The third-order valence-electron chi connectivity index (χ3n) is 0.677. The van der Waals surface area contributed by atoms with Crippen molar-refractivity contribution in [1.29, 1.82) is 0 Å². The highest BCUT2D eigenvalue weighted by Gasteiger charge is 2.01. The molecule has 0 amide bonds. The molecule has 0 aromatic carbocycles. The average Bonchev–Trinajstić information content (AvgIpc) is 1.67. The molecule has 0 bridgehead atoms. The molecule has 1 radical (unpaired) electrons. The molecule has 0 aromatic heterocycles. The summed E-state index contributed by atoms with van der Waals surface area (Å²) in [5.41, 5.74) is 0. The molecular weight excluding hydrogens is 126 g/mol. The molecule has 49 valence electrons. The Balaban J connectivity index is 3.76. The maximum atomic E-state index is 10.5. The molecule has 0 aliphatic heterocycles. The predicted octanol–water partition coefficient (Wildman–Crippen LogP) is 0.107. The Bertz CT molecular complexity index is 138. The van der Waals surface area contributed by atoms with Crippen LogP contribution in [0.15, 0.2) is 0 Å². The van der Waals surface area contributed by atoms with Crippen LogP contribution >= 0.6 is 0 Å². The van der Waals surface area contributed by atoms with E-state index in [0.717, 1.165) is 0 Å². The molecule has 0 spiro atoms. The Morgan fingerprint density at radius 2 is 2.12 bits per heavy atom. The summed E-state index contributed by atoms with van der Waals surface area (Å²) in [4.78, 5) is 0. The maximum absolute atomic E-state index is 10.5. The Kier molecular flexibility index (Phi) is 3.01. The Labute approximate surface area is 50.1 Å². The average molecular weight is 136 g/mol. The summed E-state index contributed by atoms with van der Waals surface area (Å²) in [6.45, 7) is 4.62. The zero-order valence-corrected chi connectivity index (χ0v) is 5.83. The molecule has 0 aliphatic carbocycles. The first kappa shape index (κ1) is 7.91. The van der Waals surface area contributed by atoms with Crippen LogP contribution in [0.25, 0.3) is 0 Å². The molecule has 3 nitrogen and oxygen atoms in total. The molecule has 0 aromatic rings. The van der Waals surface area contributed by atoms with Crippen LogP contribution in [0.1, 0.15) is 13.8 Å². The molecule has 4 heteroatoms. The molecule has 0 fully saturated rings. The van der Waals surface area contributed by atoms with Crippen LogP contribution in [0.5, 0.6) is 0 Å². The molecule has 0 saturated heterocycles. The summed E-state index contributed by atoms with van der Waals surface area (Å²) in [6, 6.07) is 0. The predicted molar refractivity (Wildman–Crippen MR) is 32.6 cm³/mol. The zero-order chi connectivity index (χ0) is 6.62. The molecule has 0 rings (SSSR count). The van der Waals surface area contributed by atoms with Crippen molar-refractivity contribution in [2.45, 2.75) is 13.8 Å². The standard InChI is InChI=1S/C4H10NO2S/c1-3-5-8(6,7)4-2/h3,5H,4H2,1-2H3. The smallest absolute Gasteiger partial charge is 0.211 e. The van der Waals surface area contributed by atoms with Gasteiger partial charge in [0.1, 0.15) is 0 Å². The van der Waals surface area contributed by atoms with Crippen molar-refractivity contribution in [2.24, 2.45) is 0 Å². The largest absolute Gasteiger partial charge is 0.212 e. The van der Waals surface area contributed by atoms with Crippen LogP contribution < -0.4 is 4.72 Å². The molecular formula is C4H10NO2S. The Morgan fingerprint density at radius 1 is 1.62 bits per heavy atom. The summed E-state index contributed by atoms with van der Waals surface area (Å²) >= 11 is 0. The summed E-state index contributed by atoms with van der Waals surface area (Å²) in [7, 11) is -2.98. The van der Waals surface area contributed by atoms with Gasteiger partial charge in [0.2, 0.25) is 10.0 Å². The van der Waals surface area contributed by atoms with Gasteiger partial charge in [0, 0.05) is 6.54 Å². The zero-order valence-electron chi connectivity index (χ0n) is 5.01. The lowest BCUT2D eigenvalue weighted by molar-refractivity contribution is 0.589. The van der Waals surface area contributed by atoms with E-state index in [1.807, 2.05) is 0 Å². The molecule has 8 heavy (non-hydrogen) atoms. The second-order valence-electron chi connectivity index (χ2n) is 1.31. The van der Waals surface area contributed by atoms with Crippen molar-refractivity contribution >= 4 is 10.0 Å². The van der Waals surface area contributed by atoms with Crippen molar-refractivity contribution in [3.63, 3.8) is 0 Å².